The Morgan fingerprint density at radius 1 is 1.14 bits per heavy atom. The lowest BCUT2D eigenvalue weighted by Crippen LogP contribution is -2.51. The van der Waals surface area contributed by atoms with Crippen LogP contribution in [0.2, 0.25) is 0 Å². The summed E-state index contributed by atoms with van der Waals surface area (Å²) in [5.74, 6) is 0.617. The van der Waals surface area contributed by atoms with E-state index in [-0.39, 0.29) is 24.1 Å². The van der Waals surface area contributed by atoms with Crippen LogP contribution in [0.3, 0.4) is 0 Å². The Kier molecular flexibility index (Phi) is 11.4. The monoisotopic (exact) mass is 577 g/mol. The number of nitrogens with one attached hydrogen (secondary N) is 2. The molecule has 2 bridgehead atoms. The molecule has 2 aliphatic rings. The third kappa shape index (κ3) is 8.33. The van der Waals surface area contributed by atoms with E-state index in [2.05, 4.69) is 35.6 Å². The zero-order valence-corrected chi connectivity index (χ0v) is 24.8. The van der Waals surface area contributed by atoms with Gasteiger partial charge < -0.3 is 25.4 Å². The molecule has 8 heteroatoms. The Balaban J connectivity index is 1.55. The zero-order chi connectivity index (χ0) is 30.1. The maximum absolute atomic E-state index is 14.6. The maximum atomic E-state index is 14.6. The summed E-state index contributed by atoms with van der Waals surface area (Å²) >= 11 is 0. The number of terminal acetylenes is 1. The van der Waals surface area contributed by atoms with Crippen molar-refractivity contribution in [2.24, 2.45) is 17.8 Å². The zero-order valence-electron chi connectivity index (χ0n) is 24.8. The Labute approximate surface area is 249 Å². The predicted molar refractivity (Wildman–Crippen MR) is 161 cm³/mol. The number of amides is 2. The molecule has 5 unspecified atom stereocenters. The molecule has 1 aliphatic carbocycles. The van der Waals surface area contributed by atoms with Crippen molar-refractivity contribution >= 4 is 11.8 Å². The number of hydrogen-bond acceptors (Lipinski definition) is 5. The van der Waals surface area contributed by atoms with Gasteiger partial charge in [-0.15, -0.1) is 12.3 Å². The molecule has 1 fully saturated rings. The summed E-state index contributed by atoms with van der Waals surface area (Å²) in [6.45, 7) is 6.00. The van der Waals surface area contributed by atoms with Crippen molar-refractivity contribution in [3.8, 4) is 18.1 Å². The topological polar surface area (TPSA) is 90.9 Å². The lowest BCUT2D eigenvalue weighted by molar-refractivity contribution is -0.135. The molecule has 2 aromatic rings. The first-order chi connectivity index (χ1) is 20.3. The molecular weight excluding hydrogens is 533 g/mol. The van der Waals surface area contributed by atoms with Gasteiger partial charge in [-0.05, 0) is 66.8 Å². The van der Waals surface area contributed by atoms with Gasteiger partial charge in [0.2, 0.25) is 11.8 Å². The van der Waals surface area contributed by atoms with Crippen LogP contribution in [0.4, 0.5) is 4.39 Å². The van der Waals surface area contributed by atoms with Gasteiger partial charge in [0.15, 0.2) is 6.23 Å². The fourth-order valence-electron chi connectivity index (χ4n) is 5.93. The largest absolute Gasteiger partial charge is 0.468 e. The van der Waals surface area contributed by atoms with Crippen molar-refractivity contribution in [1.82, 2.24) is 15.5 Å². The number of aliphatic hydroxyl groups is 1. The minimum atomic E-state index is -1.16. The average Bonchev–Trinajstić information content (AvgIpc) is 3.69. The summed E-state index contributed by atoms with van der Waals surface area (Å²) in [5.41, 5.74) is 3.08. The van der Waals surface area contributed by atoms with Crippen LogP contribution in [-0.2, 0) is 29.0 Å². The second-order valence-electron chi connectivity index (χ2n) is 11.5. The Bertz CT molecular complexity index is 1260. The van der Waals surface area contributed by atoms with Gasteiger partial charge in [0.05, 0.1) is 11.8 Å². The SMILES string of the molecule is C#CCC1C2C(=O)NC(C(O)CNCc3cccc(CC)c3)Oc3cc(F)cc(c3)CCCCCN(CCC)C(=O)C12. The standard InChI is InChI=1S/C34H44FN3O4/c1-4-11-28-30-31(28)34(41)38(15-5-2)16-9-7-8-12-24-18-26(35)20-27(19-24)42-33(37-32(30)40)29(39)22-36-21-25-14-10-13-23(6-3)17-25/h1,10,13-14,17-20,28-31,33,36,39H,5-9,11-12,15-16,21-22H2,2-3H3,(H,37,40). The molecule has 1 heterocycles. The first kappa shape index (κ1) is 31.5. The minimum absolute atomic E-state index is 0.0365. The van der Waals surface area contributed by atoms with Crippen molar-refractivity contribution < 1.29 is 23.8 Å². The third-order valence-electron chi connectivity index (χ3n) is 8.22. The van der Waals surface area contributed by atoms with Gasteiger partial charge in [-0.2, -0.15) is 0 Å². The van der Waals surface area contributed by atoms with Gasteiger partial charge in [0.25, 0.3) is 0 Å². The summed E-state index contributed by atoms with van der Waals surface area (Å²) in [7, 11) is 0. The molecule has 7 nitrogen and oxygen atoms in total. The van der Waals surface area contributed by atoms with E-state index >= 15 is 0 Å². The Morgan fingerprint density at radius 3 is 2.71 bits per heavy atom. The van der Waals surface area contributed by atoms with Crippen molar-refractivity contribution in [3.63, 3.8) is 0 Å². The average molecular weight is 578 g/mol. The van der Waals surface area contributed by atoms with Crippen molar-refractivity contribution in [3.05, 3.63) is 65.0 Å². The number of benzene rings is 2. The van der Waals surface area contributed by atoms with E-state index in [1.165, 1.54) is 17.7 Å². The van der Waals surface area contributed by atoms with Gasteiger partial charge in [0.1, 0.15) is 17.7 Å². The number of nitrogens with zero attached hydrogens (tertiary/aromatic N) is 1. The molecule has 0 saturated heterocycles. The number of carbonyl (C=O) groups excluding carboxylic acids is 2. The molecule has 2 amide bonds. The Morgan fingerprint density at radius 2 is 1.95 bits per heavy atom. The van der Waals surface area contributed by atoms with Gasteiger partial charge in [0, 0.05) is 38.7 Å². The summed E-state index contributed by atoms with van der Waals surface area (Å²) in [6.07, 6.45) is 8.57. The second-order valence-corrected chi connectivity index (χ2v) is 11.5. The molecule has 1 saturated carbocycles. The molecule has 0 radical (unpaired) electrons. The van der Waals surface area contributed by atoms with E-state index in [4.69, 9.17) is 11.2 Å². The number of hydrogen-bond donors (Lipinski definition) is 3. The van der Waals surface area contributed by atoms with Crippen LogP contribution in [0.5, 0.6) is 5.75 Å². The lowest BCUT2D eigenvalue weighted by Gasteiger charge is -2.26. The van der Waals surface area contributed by atoms with E-state index in [1.807, 2.05) is 24.0 Å². The van der Waals surface area contributed by atoms with Gasteiger partial charge in [-0.3, -0.25) is 9.59 Å². The minimum Gasteiger partial charge on any atom is -0.468 e. The quantitative estimate of drug-likeness (QED) is 0.389. The number of carbonyl (C=O) groups is 2. The van der Waals surface area contributed by atoms with Crippen molar-refractivity contribution in [1.29, 1.82) is 0 Å². The highest BCUT2D eigenvalue weighted by Gasteiger charge is 2.59. The van der Waals surface area contributed by atoms with Gasteiger partial charge in [-0.25, -0.2) is 4.39 Å². The number of fused-ring (bicyclic) bond motifs is 3. The van der Waals surface area contributed by atoms with Crippen LogP contribution < -0.4 is 15.4 Å². The van der Waals surface area contributed by atoms with E-state index in [0.29, 0.717) is 32.5 Å². The van der Waals surface area contributed by atoms with Gasteiger partial charge in [-0.1, -0.05) is 44.5 Å². The predicted octanol–water partition coefficient (Wildman–Crippen LogP) is 4.21. The molecule has 5 atom stereocenters. The molecule has 4 rings (SSSR count). The van der Waals surface area contributed by atoms with Crippen LogP contribution in [0.25, 0.3) is 0 Å². The Hall–Kier alpha value is -3.41. The van der Waals surface area contributed by atoms with Crippen LogP contribution in [0.1, 0.15) is 62.6 Å². The summed E-state index contributed by atoms with van der Waals surface area (Å²) in [6, 6.07) is 12.7. The highest BCUT2D eigenvalue weighted by atomic mass is 19.1. The smallest absolute Gasteiger partial charge is 0.227 e. The normalized spacial score (nSPS) is 23.7. The third-order valence-corrected chi connectivity index (χ3v) is 8.22. The van der Waals surface area contributed by atoms with E-state index in [1.54, 1.807) is 6.07 Å². The molecular formula is C34H44FN3O4. The maximum Gasteiger partial charge on any atom is 0.227 e. The van der Waals surface area contributed by atoms with Gasteiger partial charge >= 0.3 is 0 Å². The highest BCUT2D eigenvalue weighted by molar-refractivity contribution is 5.93. The first-order valence-corrected chi connectivity index (χ1v) is 15.3. The van der Waals surface area contributed by atoms with Crippen LogP contribution >= 0.6 is 0 Å². The second kappa shape index (κ2) is 15.2. The van der Waals surface area contributed by atoms with E-state index in [0.717, 1.165) is 43.2 Å². The number of halogens is 1. The molecule has 226 valence electrons. The number of aryl methyl sites for hydroxylation is 2. The molecule has 42 heavy (non-hydrogen) atoms. The van der Waals surface area contributed by atoms with E-state index in [9.17, 15) is 19.1 Å². The number of rotatable bonds is 9. The van der Waals surface area contributed by atoms with Crippen LogP contribution in [-0.4, -0.2) is 53.8 Å². The molecule has 0 aromatic heterocycles. The lowest BCUT2D eigenvalue weighted by atomic mass is 10.1. The molecule has 0 spiro atoms. The summed E-state index contributed by atoms with van der Waals surface area (Å²) in [5, 5.41) is 17.3. The molecule has 1 aliphatic heterocycles. The fourth-order valence-corrected chi connectivity index (χ4v) is 5.93. The van der Waals surface area contributed by atoms with Crippen molar-refractivity contribution in [2.45, 2.75) is 77.7 Å². The van der Waals surface area contributed by atoms with Crippen molar-refractivity contribution in [2.75, 3.05) is 19.6 Å². The van der Waals surface area contributed by atoms with Crippen LogP contribution in [0, 0.1) is 35.9 Å². The molecule has 3 N–H and O–H groups in total. The fraction of sp³-hybridized carbons (Fsp3) is 0.529. The molecule has 2 aromatic carbocycles. The summed E-state index contributed by atoms with van der Waals surface area (Å²) in [4.78, 5) is 29.0. The number of aliphatic hydroxyl groups excluding tert-OH is 1. The first-order valence-electron chi connectivity index (χ1n) is 15.3. The van der Waals surface area contributed by atoms with Crippen LogP contribution in [0.15, 0.2) is 42.5 Å². The highest BCUT2D eigenvalue weighted by Crippen LogP contribution is 2.50. The number of ether oxygens (including phenoxy) is 1. The summed E-state index contributed by atoms with van der Waals surface area (Å²) < 4.78 is 20.6. The van der Waals surface area contributed by atoms with E-state index < -0.39 is 35.9 Å².